The molecule has 1 saturated carbocycles. The van der Waals surface area contributed by atoms with Crippen LogP contribution in [0.4, 0.5) is 0 Å². The molecule has 2 N–H and O–H groups in total. The Kier molecular flexibility index (Phi) is 3.29. The second-order valence-corrected chi connectivity index (χ2v) is 5.43. The molecule has 0 aromatic rings. The summed E-state index contributed by atoms with van der Waals surface area (Å²) in [7, 11) is 0. The summed E-state index contributed by atoms with van der Waals surface area (Å²) in [5.41, 5.74) is 0.401. The van der Waals surface area contributed by atoms with Crippen LogP contribution < -0.4 is 10.6 Å². The summed E-state index contributed by atoms with van der Waals surface area (Å²) in [6, 6.07) is 0. The zero-order chi connectivity index (χ0) is 10.7. The molecule has 1 saturated heterocycles. The Balaban J connectivity index is 1.71. The van der Waals surface area contributed by atoms with E-state index < -0.39 is 0 Å². The standard InChI is InChI=1S/C12H22N2O/c1-12(5-3-6-12)9-14-11(15)10-4-2-7-13-8-10/h10,13H,2-9H2,1H3,(H,14,15)/t10-/m0/s1. The Morgan fingerprint density at radius 1 is 1.47 bits per heavy atom. The third kappa shape index (κ3) is 2.71. The lowest BCUT2D eigenvalue weighted by Gasteiger charge is -2.38. The van der Waals surface area contributed by atoms with E-state index in [1.807, 2.05) is 0 Å². The smallest absolute Gasteiger partial charge is 0.224 e. The zero-order valence-corrected chi connectivity index (χ0v) is 9.64. The Bertz CT molecular complexity index is 230. The van der Waals surface area contributed by atoms with Crippen LogP contribution in [0.25, 0.3) is 0 Å². The fourth-order valence-electron chi connectivity index (χ4n) is 2.48. The maximum Gasteiger partial charge on any atom is 0.224 e. The van der Waals surface area contributed by atoms with Gasteiger partial charge in [-0.05, 0) is 37.6 Å². The quantitative estimate of drug-likeness (QED) is 0.737. The SMILES string of the molecule is CC1(CNC(=O)[C@H]2CCCNC2)CCC1. The third-order valence-corrected chi connectivity index (χ3v) is 3.92. The summed E-state index contributed by atoms with van der Waals surface area (Å²) in [5, 5.41) is 6.40. The van der Waals surface area contributed by atoms with Crippen molar-refractivity contribution in [3.63, 3.8) is 0 Å². The zero-order valence-electron chi connectivity index (χ0n) is 9.64. The van der Waals surface area contributed by atoms with E-state index in [1.165, 1.54) is 19.3 Å². The molecule has 2 rings (SSSR count). The molecule has 3 nitrogen and oxygen atoms in total. The fourth-order valence-corrected chi connectivity index (χ4v) is 2.48. The minimum absolute atomic E-state index is 0.211. The van der Waals surface area contributed by atoms with E-state index in [2.05, 4.69) is 17.6 Å². The van der Waals surface area contributed by atoms with Gasteiger partial charge in [-0.25, -0.2) is 0 Å². The lowest BCUT2D eigenvalue weighted by atomic mass is 9.70. The van der Waals surface area contributed by atoms with Crippen molar-refractivity contribution in [2.75, 3.05) is 19.6 Å². The van der Waals surface area contributed by atoms with Gasteiger partial charge in [-0.3, -0.25) is 4.79 Å². The van der Waals surface area contributed by atoms with Crippen molar-refractivity contribution in [3.8, 4) is 0 Å². The van der Waals surface area contributed by atoms with Crippen LogP contribution >= 0.6 is 0 Å². The van der Waals surface area contributed by atoms with E-state index in [0.29, 0.717) is 5.41 Å². The number of rotatable bonds is 3. The molecule has 0 aromatic heterocycles. The normalized spacial score (nSPS) is 29.3. The molecule has 2 aliphatic rings. The first-order chi connectivity index (χ1) is 7.20. The van der Waals surface area contributed by atoms with Gasteiger partial charge in [-0.1, -0.05) is 13.3 Å². The van der Waals surface area contributed by atoms with Crippen molar-refractivity contribution in [3.05, 3.63) is 0 Å². The molecule has 1 heterocycles. The van der Waals surface area contributed by atoms with Crippen LogP contribution in [0.5, 0.6) is 0 Å². The summed E-state index contributed by atoms with van der Waals surface area (Å²) in [5.74, 6) is 0.470. The van der Waals surface area contributed by atoms with Gasteiger partial charge in [0.05, 0.1) is 5.92 Å². The van der Waals surface area contributed by atoms with Crippen molar-refractivity contribution < 1.29 is 4.79 Å². The monoisotopic (exact) mass is 210 g/mol. The second-order valence-electron chi connectivity index (χ2n) is 5.43. The highest BCUT2D eigenvalue weighted by atomic mass is 16.1. The largest absolute Gasteiger partial charge is 0.355 e. The van der Waals surface area contributed by atoms with E-state index in [1.54, 1.807) is 0 Å². The average molecular weight is 210 g/mol. The van der Waals surface area contributed by atoms with Crippen molar-refractivity contribution >= 4 is 5.91 Å². The van der Waals surface area contributed by atoms with Crippen molar-refractivity contribution in [1.82, 2.24) is 10.6 Å². The predicted octanol–water partition coefficient (Wildman–Crippen LogP) is 1.29. The van der Waals surface area contributed by atoms with Gasteiger partial charge in [0.25, 0.3) is 0 Å². The lowest BCUT2D eigenvalue weighted by Crippen LogP contribution is -2.45. The van der Waals surface area contributed by atoms with Gasteiger partial charge in [0.1, 0.15) is 0 Å². The van der Waals surface area contributed by atoms with Gasteiger partial charge in [-0.2, -0.15) is 0 Å². The molecule has 1 atom stereocenters. The first kappa shape index (κ1) is 10.9. The molecule has 0 aromatic carbocycles. The van der Waals surface area contributed by atoms with Gasteiger partial charge in [0.2, 0.25) is 5.91 Å². The number of carbonyl (C=O) groups is 1. The van der Waals surface area contributed by atoms with E-state index in [0.717, 1.165) is 32.5 Å². The average Bonchev–Trinajstić information content (AvgIpc) is 2.24. The summed E-state index contributed by atoms with van der Waals surface area (Å²) in [4.78, 5) is 11.8. The first-order valence-corrected chi connectivity index (χ1v) is 6.18. The number of piperidine rings is 1. The topological polar surface area (TPSA) is 41.1 Å². The molecule has 1 aliphatic carbocycles. The van der Waals surface area contributed by atoms with Gasteiger partial charge in [-0.15, -0.1) is 0 Å². The highest BCUT2D eigenvalue weighted by Crippen LogP contribution is 2.39. The summed E-state index contributed by atoms with van der Waals surface area (Å²) in [6.07, 6.45) is 6.06. The van der Waals surface area contributed by atoms with Crippen molar-refractivity contribution in [1.29, 1.82) is 0 Å². The fraction of sp³-hybridized carbons (Fsp3) is 0.917. The van der Waals surface area contributed by atoms with Crippen LogP contribution in [0.3, 0.4) is 0 Å². The van der Waals surface area contributed by atoms with Gasteiger partial charge < -0.3 is 10.6 Å². The third-order valence-electron chi connectivity index (χ3n) is 3.92. The summed E-state index contributed by atoms with van der Waals surface area (Å²) < 4.78 is 0. The molecule has 1 aliphatic heterocycles. The van der Waals surface area contributed by atoms with Crippen LogP contribution in [0.2, 0.25) is 0 Å². The molecular weight excluding hydrogens is 188 g/mol. The van der Waals surface area contributed by atoms with Gasteiger partial charge >= 0.3 is 0 Å². The molecule has 1 amide bonds. The Morgan fingerprint density at radius 3 is 2.80 bits per heavy atom. The molecule has 0 bridgehead atoms. The van der Waals surface area contributed by atoms with Crippen LogP contribution in [-0.4, -0.2) is 25.5 Å². The predicted molar refractivity (Wildman–Crippen MR) is 60.6 cm³/mol. The molecule has 0 spiro atoms. The molecule has 86 valence electrons. The minimum Gasteiger partial charge on any atom is -0.355 e. The number of hydrogen-bond acceptors (Lipinski definition) is 2. The lowest BCUT2D eigenvalue weighted by molar-refractivity contribution is -0.126. The van der Waals surface area contributed by atoms with Crippen LogP contribution in [-0.2, 0) is 4.79 Å². The van der Waals surface area contributed by atoms with Crippen LogP contribution in [0, 0.1) is 11.3 Å². The number of hydrogen-bond donors (Lipinski definition) is 2. The molecule has 0 unspecified atom stereocenters. The first-order valence-electron chi connectivity index (χ1n) is 6.18. The summed E-state index contributed by atoms with van der Waals surface area (Å²) >= 11 is 0. The highest BCUT2D eigenvalue weighted by Gasteiger charge is 2.32. The Morgan fingerprint density at radius 2 is 2.27 bits per heavy atom. The highest BCUT2D eigenvalue weighted by molar-refractivity contribution is 5.79. The molecule has 15 heavy (non-hydrogen) atoms. The number of nitrogens with one attached hydrogen (secondary N) is 2. The van der Waals surface area contributed by atoms with E-state index in [9.17, 15) is 4.79 Å². The van der Waals surface area contributed by atoms with Crippen molar-refractivity contribution in [2.45, 2.75) is 39.0 Å². The van der Waals surface area contributed by atoms with Crippen LogP contribution in [0.1, 0.15) is 39.0 Å². The maximum absolute atomic E-state index is 11.8. The van der Waals surface area contributed by atoms with Gasteiger partial charge in [0, 0.05) is 13.1 Å². The van der Waals surface area contributed by atoms with E-state index in [-0.39, 0.29) is 11.8 Å². The van der Waals surface area contributed by atoms with E-state index >= 15 is 0 Å². The number of carbonyl (C=O) groups excluding carboxylic acids is 1. The van der Waals surface area contributed by atoms with Crippen LogP contribution in [0.15, 0.2) is 0 Å². The molecular formula is C12H22N2O. The minimum atomic E-state index is 0.211. The summed E-state index contributed by atoms with van der Waals surface area (Å²) in [6.45, 7) is 5.09. The van der Waals surface area contributed by atoms with Gasteiger partial charge in [0.15, 0.2) is 0 Å². The molecule has 0 radical (unpaired) electrons. The Hall–Kier alpha value is -0.570. The van der Waals surface area contributed by atoms with Crippen molar-refractivity contribution in [2.24, 2.45) is 11.3 Å². The maximum atomic E-state index is 11.8. The van der Waals surface area contributed by atoms with E-state index in [4.69, 9.17) is 0 Å². The Labute approximate surface area is 92.0 Å². The number of amides is 1. The molecule has 2 fully saturated rings. The molecule has 3 heteroatoms. The second kappa shape index (κ2) is 4.52.